The second-order valence-corrected chi connectivity index (χ2v) is 7.37. The summed E-state index contributed by atoms with van der Waals surface area (Å²) < 4.78 is 5.37. The number of aromatic nitrogens is 2. The number of rotatable bonds is 15. The SMILES string of the molecule is CCCCCCCCCCCCCCCc1nc(-c2ccccc2)no1. The van der Waals surface area contributed by atoms with Gasteiger partial charge in [0.25, 0.3) is 0 Å². The highest BCUT2D eigenvalue weighted by Gasteiger charge is 2.07. The summed E-state index contributed by atoms with van der Waals surface area (Å²) in [5.41, 5.74) is 1.02. The fourth-order valence-corrected chi connectivity index (χ4v) is 3.35. The molecule has 0 amide bonds. The van der Waals surface area contributed by atoms with Crippen molar-refractivity contribution in [3.63, 3.8) is 0 Å². The van der Waals surface area contributed by atoms with Crippen molar-refractivity contribution in [1.29, 1.82) is 0 Å². The lowest BCUT2D eigenvalue weighted by atomic mass is 10.0. The fourth-order valence-electron chi connectivity index (χ4n) is 3.35. The molecular formula is C23H36N2O. The van der Waals surface area contributed by atoms with E-state index < -0.39 is 0 Å². The predicted molar refractivity (Wildman–Crippen MR) is 109 cm³/mol. The zero-order chi connectivity index (χ0) is 18.3. The molecule has 2 rings (SSSR count). The molecule has 0 saturated heterocycles. The van der Waals surface area contributed by atoms with Gasteiger partial charge in [-0.15, -0.1) is 0 Å². The molecule has 0 aliphatic heterocycles. The molecule has 0 aliphatic rings. The number of benzene rings is 1. The summed E-state index contributed by atoms with van der Waals surface area (Å²) in [7, 11) is 0. The van der Waals surface area contributed by atoms with Crippen molar-refractivity contribution >= 4 is 0 Å². The molecule has 0 radical (unpaired) electrons. The van der Waals surface area contributed by atoms with E-state index in [1.165, 1.54) is 77.0 Å². The van der Waals surface area contributed by atoms with Crippen LogP contribution in [0.5, 0.6) is 0 Å². The lowest BCUT2D eigenvalue weighted by Crippen LogP contribution is -1.87. The molecule has 0 saturated carbocycles. The zero-order valence-electron chi connectivity index (χ0n) is 16.6. The van der Waals surface area contributed by atoms with Crippen molar-refractivity contribution in [1.82, 2.24) is 10.1 Å². The lowest BCUT2D eigenvalue weighted by Gasteiger charge is -2.02. The summed E-state index contributed by atoms with van der Waals surface area (Å²) in [6.07, 6.45) is 18.8. The van der Waals surface area contributed by atoms with Crippen LogP contribution in [0.1, 0.15) is 96.3 Å². The van der Waals surface area contributed by atoms with Crippen molar-refractivity contribution in [2.75, 3.05) is 0 Å². The van der Waals surface area contributed by atoms with Crippen molar-refractivity contribution in [3.05, 3.63) is 36.2 Å². The maximum atomic E-state index is 5.37. The Bertz CT molecular complexity index is 565. The van der Waals surface area contributed by atoms with E-state index in [9.17, 15) is 0 Å². The molecule has 0 bridgehead atoms. The first-order valence-electron chi connectivity index (χ1n) is 10.8. The monoisotopic (exact) mass is 356 g/mol. The Kier molecular flexibility index (Phi) is 10.8. The van der Waals surface area contributed by atoms with Crippen LogP contribution in [0.2, 0.25) is 0 Å². The Labute approximate surface area is 159 Å². The largest absolute Gasteiger partial charge is 0.339 e. The van der Waals surface area contributed by atoms with Crippen LogP contribution in [0.15, 0.2) is 34.9 Å². The van der Waals surface area contributed by atoms with E-state index in [4.69, 9.17) is 4.52 Å². The van der Waals surface area contributed by atoms with Gasteiger partial charge in [0, 0.05) is 12.0 Å². The van der Waals surface area contributed by atoms with Gasteiger partial charge in [-0.1, -0.05) is 119 Å². The number of unbranched alkanes of at least 4 members (excludes halogenated alkanes) is 12. The van der Waals surface area contributed by atoms with Crippen molar-refractivity contribution in [2.24, 2.45) is 0 Å². The summed E-state index contributed by atoms with van der Waals surface area (Å²) in [6.45, 7) is 2.28. The van der Waals surface area contributed by atoms with Gasteiger partial charge in [-0.3, -0.25) is 0 Å². The Morgan fingerprint density at radius 3 is 1.81 bits per heavy atom. The second-order valence-electron chi connectivity index (χ2n) is 7.37. The van der Waals surface area contributed by atoms with Crippen LogP contribution in [0.4, 0.5) is 0 Å². The summed E-state index contributed by atoms with van der Waals surface area (Å²) >= 11 is 0. The molecule has 0 atom stereocenters. The minimum atomic E-state index is 0.704. The highest BCUT2D eigenvalue weighted by atomic mass is 16.5. The molecule has 1 aromatic heterocycles. The molecule has 26 heavy (non-hydrogen) atoms. The van der Waals surface area contributed by atoms with Gasteiger partial charge in [-0.05, 0) is 6.42 Å². The lowest BCUT2D eigenvalue weighted by molar-refractivity contribution is 0.373. The van der Waals surface area contributed by atoms with Gasteiger partial charge >= 0.3 is 0 Å². The van der Waals surface area contributed by atoms with Crippen LogP contribution < -0.4 is 0 Å². The summed E-state index contributed by atoms with van der Waals surface area (Å²) in [4.78, 5) is 4.50. The van der Waals surface area contributed by atoms with Crippen LogP contribution in [-0.4, -0.2) is 10.1 Å². The van der Waals surface area contributed by atoms with E-state index in [-0.39, 0.29) is 0 Å². The summed E-state index contributed by atoms with van der Waals surface area (Å²) in [6, 6.07) is 10.0. The first kappa shape index (κ1) is 20.7. The molecule has 0 spiro atoms. The molecule has 1 aromatic carbocycles. The maximum Gasteiger partial charge on any atom is 0.226 e. The first-order chi connectivity index (χ1) is 12.9. The number of aryl methyl sites for hydroxylation is 1. The highest BCUT2D eigenvalue weighted by molar-refractivity contribution is 5.53. The molecular weight excluding hydrogens is 320 g/mol. The Morgan fingerprint density at radius 2 is 1.23 bits per heavy atom. The quantitative estimate of drug-likeness (QED) is 0.313. The van der Waals surface area contributed by atoms with Crippen molar-refractivity contribution in [3.8, 4) is 11.4 Å². The molecule has 3 nitrogen and oxygen atoms in total. The Hall–Kier alpha value is -1.64. The van der Waals surface area contributed by atoms with Crippen LogP contribution >= 0.6 is 0 Å². The fraction of sp³-hybridized carbons (Fsp3) is 0.652. The highest BCUT2D eigenvalue weighted by Crippen LogP contribution is 2.17. The van der Waals surface area contributed by atoms with Gasteiger partial charge in [0.1, 0.15) is 0 Å². The number of nitrogens with zero attached hydrogens (tertiary/aromatic N) is 2. The Balaban J connectivity index is 1.42. The van der Waals surface area contributed by atoms with Crippen molar-refractivity contribution < 1.29 is 4.52 Å². The van der Waals surface area contributed by atoms with E-state index in [1.807, 2.05) is 30.3 Å². The van der Waals surface area contributed by atoms with Gasteiger partial charge < -0.3 is 4.52 Å². The molecule has 0 fully saturated rings. The van der Waals surface area contributed by atoms with Gasteiger partial charge in [-0.2, -0.15) is 4.98 Å². The minimum absolute atomic E-state index is 0.704. The minimum Gasteiger partial charge on any atom is -0.339 e. The van der Waals surface area contributed by atoms with E-state index in [0.29, 0.717) is 5.82 Å². The van der Waals surface area contributed by atoms with Crippen molar-refractivity contribution in [2.45, 2.75) is 96.8 Å². The Morgan fingerprint density at radius 1 is 0.692 bits per heavy atom. The first-order valence-corrected chi connectivity index (χ1v) is 10.8. The van der Waals surface area contributed by atoms with Gasteiger partial charge in [0.2, 0.25) is 11.7 Å². The third-order valence-corrected chi connectivity index (χ3v) is 4.99. The smallest absolute Gasteiger partial charge is 0.226 e. The normalized spacial score (nSPS) is 11.1. The molecule has 0 N–H and O–H groups in total. The van der Waals surface area contributed by atoms with E-state index in [1.54, 1.807) is 0 Å². The van der Waals surface area contributed by atoms with Crippen LogP contribution in [-0.2, 0) is 6.42 Å². The maximum absolute atomic E-state index is 5.37. The average Bonchev–Trinajstić information content (AvgIpc) is 3.15. The molecule has 0 unspecified atom stereocenters. The average molecular weight is 357 g/mol. The van der Waals surface area contributed by atoms with Crippen LogP contribution in [0, 0.1) is 0 Å². The molecule has 144 valence electrons. The van der Waals surface area contributed by atoms with Gasteiger partial charge in [0.05, 0.1) is 0 Å². The summed E-state index contributed by atoms with van der Waals surface area (Å²) in [5.74, 6) is 1.47. The zero-order valence-corrected chi connectivity index (χ0v) is 16.6. The van der Waals surface area contributed by atoms with Gasteiger partial charge in [-0.25, -0.2) is 0 Å². The third kappa shape index (κ3) is 8.64. The van der Waals surface area contributed by atoms with E-state index >= 15 is 0 Å². The molecule has 2 aromatic rings. The molecule has 3 heteroatoms. The van der Waals surface area contributed by atoms with E-state index in [0.717, 1.165) is 24.3 Å². The van der Waals surface area contributed by atoms with E-state index in [2.05, 4.69) is 17.1 Å². The third-order valence-electron chi connectivity index (χ3n) is 4.99. The number of hydrogen-bond donors (Lipinski definition) is 0. The number of hydrogen-bond acceptors (Lipinski definition) is 3. The molecule has 0 aliphatic carbocycles. The predicted octanol–water partition coefficient (Wildman–Crippen LogP) is 7.37. The second kappa shape index (κ2) is 13.5. The van der Waals surface area contributed by atoms with Crippen LogP contribution in [0.3, 0.4) is 0 Å². The standard InChI is InChI=1S/C23H36N2O/c1-2-3-4-5-6-7-8-9-10-11-12-13-17-20-22-24-23(25-26-22)21-18-15-14-16-19-21/h14-16,18-19H,2-13,17,20H2,1H3. The summed E-state index contributed by atoms with van der Waals surface area (Å²) in [5, 5.41) is 4.08. The van der Waals surface area contributed by atoms with Gasteiger partial charge in [0.15, 0.2) is 0 Å². The topological polar surface area (TPSA) is 38.9 Å². The van der Waals surface area contributed by atoms with Crippen LogP contribution in [0.25, 0.3) is 11.4 Å². The molecule has 1 heterocycles.